The molecule has 0 unspecified atom stereocenters. The van der Waals surface area contributed by atoms with E-state index in [1.54, 1.807) is 0 Å². The number of hydrogen-bond donors (Lipinski definition) is 0. The highest BCUT2D eigenvalue weighted by Gasteiger charge is 2.37. The standard InChI is InChI=1S/C48H31N3O3/c1-48(2)37-19-8-6-16-33(37)36-26-42-43(27-38(36)48)53-40-21-11-18-32(44(40)54-42)29-14-10-15-30(24-29)46-49-45(28-12-4-3-5-13-28)50-47(51-46)31-22-23-35-34-17-7-9-20-39(34)52-41(35)25-31/h3-27H,1-2H3. The number of aromatic nitrogens is 3. The Morgan fingerprint density at radius 2 is 1.06 bits per heavy atom. The lowest BCUT2D eigenvalue weighted by Gasteiger charge is -2.26. The van der Waals surface area contributed by atoms with Crippen LogP contribution in [0.4, 0.5) is 0 Å². The van der Waals surface area contributed by atoms with Gasteiger partial charge < -0.3 is 13.9 Å². The van der Waals surface area contributed by atoms with E-state index in [0.29, 0.717) is 34.7 Å². The van der Waals surface area contributed by atoms with Crippen molar-refractivity contribution in [2.45, 2.75) is 19.3 Å². The summed E-state index contributed by atoms with van der Waals surface area (Å²) in [5, 5.41) is 2.13. The Hall–Kier alpha value is -7.05. The van der Waals surface area contributed by atoms with Gasteiger partial charge in [-0.2, -0.15) is 0 Å². The minimum atomic E-state index is -0.137. The van der Waals surface area contributed by atoms with E-state index < -0.39 is 0 Å². The van der Waals surface area contributed by atoms with Crippen LogP contribution < -0.4 is 9.47 Å². The van der Waals surface area contributed by atoms with Crippen LogP contribution in [0.15, 0.2) is 156 Å². The SMILES string of the molecule is CC1(C)c2ccccc2-c2cc3c(cc21)Oc1cccc(-c2cccc(-c4nc(-c5ccccc5)nc(-c5ccc6c(c5)oc5ccccc56)n4)c2)c1O3. The van der Waals surface area contributed by atoms with Crippen LogP contribution >= 0.6 is 0 Å². The van der Waals surface area contributed by atoms with Crippen molar-refractivity contribution in [2.75, 3.05) is 0 Å². The van der Waals surface area contributed by atoms with Gasteiger partial charge in [-0.1, -0.05) is 123 Å². The van der Waals surface area contributed by atoms with Gasteiger partial charge in [0.15, 0.2) is 40.5 Å². The lowest BCUT2D eigenvalue weighted by molar-refractivity contribution is 0.360. The van der Waals surface area contributed by atoms with Crippen LogP contribution in [-0.4, -0.2) is 15.0 Å². The van der Waals surface area contributed by atoms with Gasteiger partial charge in [0.1, 0.15) is 11.2 Å². The van der Waals surface area contributed by atoms with Crippen molar-refractivity contribution in [1.29, 1.82) is 0 Å². The quantitative estimate of drug-likeness (QED) is 0.182. The van der Waals surface area contributed by atoms with Crippen molar-refractivity contribution in [3.8, 4) is 79.4 Å². The van der Waals surface area contributed by atoms with E-state index >= 15 is 0 Å². The fourth-order valence-corrected chi connectivity index (χ4v) is 8.07. The zero-order valence-electron chi connectivity index (χ0n) is 29.5. The monoisotopic (exact) mass is 697 g/mol. The fraction of sp³-hybridized carbons (Fsp3) is 0.0625. The van der Waals surface area contributed by atoms with E-state index in [4.69, 9.17) is 28.8 Å². The van der Waals surface area contributed by atoms with E-state index in [1.165, 1.54) is 22.3 Å². The number of hydrogen-bond acceptors (Lipinski definition) is 6. The van der Waals surface area contributed by atoms with Crippen LogP contribution in [-0.2, 0) is 5.41 Å². The van der Waals surface area contributed by atoms with Crippen molar-refractivity contribution in [3.63, 3.8) is 0 Å². The second kappa shape index (κ2) is 11.5. The largest absolute Gasteiger partial charge is 0.456 e. The second-order valence-corrected chi connectivity index (χ2v) is 14.4. The topological polar surface area (TPSA) is 70.3 Å². The second-order valence-electron chi connectivity index (χ2n) is 14.4. The normalized spacial score (nSPS) is 13.4. The molecule has 0 amide bonds. The zero-order chi connectivity index (χ0) is 36.0. The molecule has 0 atom stereocenters. The van der Waals surface area contributed by atoms with E-state index in [1.807, 2.05) is 78.9 Å². The van der Waals surface area contributed by atoms with Crippen LogP contribution in [0.2, 0.25) is 0 Å². The number of fused-ring (bicyclic) bond motifs is 8. The molecule has 2 aliphatic rings. The third kappa shape index (κ3) is 4.70. The van der Waals surface area contributed by atoms with Crippen LogP contribution in [0.3, 0.4) is 0 Å². The molecule has 1 aliphatic heterocycles. The number of nitrogens with zero attached hydrogens (tertiary/aromatic N) is 3. The van der Waals surface area contributed by atoms with Gasteiger partial charge in [0.2, 0.25) is 0 Å². The molecule has 9 aromatic rings. The van der Waals surface area contributed by atoms with Gasteiger partial charge in [-0.25, -0.2) is 15.0 Å². The van der Waals surface area contributed by atoms with Gasteiger partial charge in [-0.05, 0) is 70.3 Å². The average Bonchev–Trinajstić information content (AvgIpc) is 3.70. The molecule has 0 spiro atoms. The molecule has 11 rings (SSSR count). The summed E-state index contributed by atoms with van der Waals surface area (Å²) in [5.74, 6) is 4.49. The predicted molar refractivity (Wildman–Crippen MR) is 213 cm³/mol. The minimum absolute atomic E-state index is 0.137. The van der Waals surface area contributed by atoms with Crippen molar-refractivity contribution in [3.05, 3.63) is 163 Å². The Morgan fingerprint density at radius 1 is 0.407 bits per heavy atom. The molecular weight excluding hydrogens is 667 g/mol. The van der Waals surface area contributed by atoms with Crippen molar-refractivity contribution in [2.24, 2.45) is 0 Å². The Bertz CT molecular complexity index is 2980. The van der Waals surface area contributed by atoms with Gasteiger partial charge >= 0.3 is 0 Å². The Kier molecular flexibility index (Phi) is 6.49. The Labute approximate surface area is 311 Å². The van der Waals surface area contributed by atoms with Gasteiger partial charge in [0.05, 0.1) is 0 Å². The molecule has 2 aromatic heterocycles. The number of para-hydroxylation sites is 2. The van der Waals surface area contributed by atoms with Gasteiger partial charge in [0, 0.05) is 38.4 Å². The molecular formula is C48H31N3O3. The third-order valence-corrected chi connectivity index (χ3v) is 10.8. The summed E-state index contributed by atoms with van der Waals surface area (Å²) in [6.45, 7) is 4.54. The van der Waals surface area contributed by atoms with Crippen molar-refractivity contribution in [1.82, 2.24) is 15.0 Å². The molecule has 6 heteroatoms. The molecule has 54 heavy (non-hydrogen) atoms. The predicted octanol–water partition coefficient (Wildman–Crippen LogP) is 12.6. The number of rotatable bonds is 4. The van der Waals surface area contributed by atoms with Gasteiger partial charge in [-0.15, -0.1) is 0 Å². The average molecular weight is 698 g/mol. The summed E-state index contributed by atoms with van der Waals surface area (Å²) in [6.07, 6.45) is 0. The number of furan rings is 1. The van der Waals surface area contributed by atoms with Crippen LogP contribution in [0.1, 0.15) is 25.0 Å². The third-order valence-electron chi connectivity index (χ3n) is 10.8. The van der Waals surface area contributed by atoms with E-state index in [2.05, 4.69) is 86.6 Å². The Balaban J connectivity index is 1.00. The minimum Gasteiger partial charge on any atom is -0.456 e. The van der Waals surface area contributed by atoms with Gasteiger partial charge in [-0.3, -0.25) is 0 Å². The summed E-state index contributed by atoms with van der Waals surface area (Å²) in [6, 6.07) is 51.4. The first-order valence-electron chi connectivity index (χ1n) is 18.1. The molecule has 256 valence electrons. The first-order valence-corrected chi connectivity index (χ1v) is 18.1. The first kappa shape index (κ1) is 30.6. The molecule has 0 saturated heterocycles. The summed E-state index contributed by atoms with van der Waals surface area (Å²) >= 11 is 0. The highest BCUT2D eigenvalue weighted by molar-refractivity contribution is 6.05. The Morgan fingerprint density at radius 3 is 1.93 bits per heavy atom. The lowest BCUT2D eigenvalue weighted by Crippen LogP contribution is -2.15. The molecule has 1 aliphatic carbocycles. The lowest BCUT2D eigenvalue weighted by atomic mass is 9.82. The number of benzene rings is 7. The summed E-state index contributed by atoms with van der Waals surface area (Å²) in [4.78, 5) is 15.0. The molecule has 0 saturated carbocycles. The molecule has 0 fully saturated rings. The fourth-order valence-electron chi connectivity index (χ4n) is 8.07. The van der Waals surface area contributed by atoms with Crippen LogP contribution in [0.25, 0.3) is 78.4 Å². The van der Waals surface area contributed by atoms with Crippen LogP contribution in [0.5, 0.6) is 23.0 Å². The molecule has 6 nitrogen and oxygen atoms in total. The van der Waals surface area contributed by atoms with E-state index in [-0.39, 0.29) is 5.41 Å². The highest BCUT2D eigenvalue weighted by atomic mass is 16.6. The maximum atomic E-state index is 6.75. The smallest absolute Gasteiger partial charge is 0.177 e. The number of ether oxygens (including phenoxy) is 2. The summed E-state index contributed by atoms with van der Waals surface area (Å²) in [5.41, 5.74) is 10.9. The molecule has 7 aromatic carbocycles. The van der Waals surface area contributed by atoms with Crippen molar-refractivity contribution < 1.29 is 13.9 Å². The summed E-state index contributed by atoms with van der Waals surface area (Å²) in [7, 11) is 0. The maximum absolute atomic E-state index is 6.75. The van der Waals surface area contributed by atoms with Crippen LogP contribution in [0, 0.1) is 0 Å². The van der Waals surface area contributed by atoms with Crippen molar-refractivity contribution >= 4 is 21.9 Å². The van der Waals surface area contributed by atoms with Gasteiger partial charge in [0.25, 0.3) is 0 Å². The maximum Gasteiger partial charge on any atom is 0.177 e. The summed E-state index contributed by atoms with van der Waals surface area (Å²) < 4.78 is 19.6. The van der Waals surface area contributed by atoms with E-state index in [0.717, 1.165) is 55.5 Å². The molecule has 0 radical (unpaired) electrons. The highest BCUT2D eigenvalue weighted by Crippen LogP contribution is 2.56. The molecule has 0 bridgehead atoms. The zero-order valence-corrected chi connectivity index (χ0v) is 29.5. The molecule has 3 heterocycles. The van der Waals surface area contributed by atoms with E-state index in [9.17, 15) is 0 Å². The molecule has 0 N–H and O–H groups in total. The first-order chi connectivity index (χ1) is 26.5.